The number of hydrogen-bond acceptors (Lipinski definition) is 8. The standard InChI is InChI=1S/C35H39N5O3/c1-3-6-30(41)19-25-7-4-8-26(18-25)34-38-32-17-24(2)33(43-14-5-11-40-12-15-42-16-13-40)21-31(32)35(39-34)37-29-10-9-27-22-36-23-28(27)20-29/h4,7-10,17-18,20-21,23H,3,5-6,11-16,19,22H2,1-2H3,(H,37,38,39). The van der Waals surface area contributed by atoms with E-state index >= 15 is 0 Å². The number of ketones is 1. The molecule has 43 heavy (non-hydrogen) atoms. The van der Waals surface area contributed by atoms with E-state index in [0.717, 1.165) is 96.8 Å². The molecule has 2 aliphatic rings. The van der Waals surface area contributed by atoms with Gasteiger partial charge in [0.1, 0.15) is 17.4 Å². The normalized spacial score (nSPS) is 14.7. The van der Waals surface area contributed by atoms with Gasteiger partial charge in [-0.15, -0.1) is 0 Å². The number of hydrogen-bond donors (Lipinski definition) is 1. The molecule has 1 aromatic heterocycles. The third-order valence-corrected chi connectivity index (χ3v) is 7.99. The minimum atomic E-state index is 0.245. The fourth-order valence-electron chi connectivity index (χ4n) is 5.67. The SMILES string of the molecule is CCCC(=O)Cc1cccc(-c2nc(Nc3ccc4c(c3)C=NC4)c3cc(OCCCN4CCOCC4)c(C)cc3n2)c1. The number of Topliss-reactive ketones (excluding diaryl/α,β-unsaturated/α-hetero) is 1. The van der Waals surface area contributed by atoms with Crippen LogP contribution in [0.4, 0.5) is 11.5 Å². The predicted octanol–water partition coefficient (Wildman–Crippen LogP) is 6.29. The molecule has 0 unspecified atom stereocenters. The Balaban J connectivity index is 1.31. The number of fused-ring (bicyclic) bond motifs is 2. The van der Waals surface area contributed by atoms with E-state index in [4.69, 9.17) is 19.4 Å². The Morgan fingerprint density at radius 1 is 1.07 bits per heavy atom. The first-order chi connectivity index (χ1) is 21.1. The lowest BCUT2D eigenvalue weighted by Crippen LogP contribution is -2.37. The predicted molar refractivity (Wildman–Crippen MR) is 172 cm³/mol. The lowest BCUT2D eigenvalue weighted by Gasteiger charge is -2.26. The molecule has 0 aliphatic carbocycles. The molecule has 6 rings (SSSR count). The zero-order chi connectivity index (χ0) is 29.6. The van der Waals surface area contributed by atoms with E-state index in [1.165, 1.54) is 5.56 Å². The molecule has 222 valence electrons. The lowest BCUT2D eigenvalue weighted by atomic mass is 10.0. The van der Waals surface area contributed by atoms with E-state index in [9.17, 15) is 4.79 Å². The highest BCUT2D eigenvalue weighted by Gasteiger charge is 2.16. The second-order valence-corrected chi connectivity index (χ2v) is 11.4. The van der Waals surface area contributed by atoms with Crippen molar-refractivity contribution in [2.75, 3.05) is 44.8 Å². The van der Waals surface area contributed by atoms with Gasteiger partial charge < -0.3 is 14.8 Å². The van der Waals surface area contributed by atoms with Crippen molar-refractivity contribution >= 4 is 34.4 Å². The van der Waals surface area contributed by atoms with Gasteiger partial charge in [-0.25, -0.2) is 9.97 Å². The number of nitrogens with zero attached hydrogens (tertiary/aromatic N) is 4. The van der Waals surface area contributed by atoms with Crippen molar-refractivity contribution in [2.24, 2.45) is 4.99 Å². The lowest BCUT2D eigenvalue weighted by molar-refractivity contribution is -0.118. The first kappa shape index (κ1) is 29.0. The fraction of sp³-hybridized carbons (Fsp3) is 0.371. The minimum absolute atomic E-state index is 0.245. The number of benzene rings is 3. The molecule has 0 saturated carbocycles. The van der Waals surface area contributed by atoms with Gasteiger partial charge in [0.05, 0.1) is 31.9 Å². The average molecular weight is 578 g/mol. The third kappa shape index (κ3) is 7.09. The molecule has 2 aliphatic heterocycles. The van der Waals surface area contributed by atoms with E-state index in [-0.39, 0.29) is 5.78 Å². The number of aromatic nitrogens is 2. The number of morpholine rings is 1. The van der Waals surface area contributed by atoms with Crippen molar-refractivity contribution < 1.29 is 14.3 Å². The van der Waals surface area contributed by atoms with Gasteiger partial charge >= 0.3 is 0 Å². The maximum absolute atomic E-state index is 12.3. The molecule has 0 radical (unpaired) electrons. The Hall–Kier alpha value is -4.14. The van der Waals surface area contributed by atoms with Crippen LogP contribution in [0.5, 0.6) is 5.75 Å². The third-order valence-electron chi connectivity index (χ3n) is 7.99. The Labute approximate surface area is 253 Å². The number of carbonyl (C=O) groups is 1. The van der Waals surface area contributed by atoms with E-state index in [1.807, 2.05) is 37.4 Å². The molecule has 1 saturated heterocycles. The first-order valence-corrected chi connectivity index (χ1v) is 15.3. The molecule has 0 spiro atoms. The van der Waals surface area contributed by atoms with Crippen LogP contribution in [-0.4, -0.2) is 66.3 Å². The number of carbonyl (C=O) groups excluding carboxylic acids is 1. The minimum Gasteiger partial charge on any atom is -0.493 e. The summed E-state index contributed by atoms with van der Waals surface area (Å²) < 4.78 is 11.8. The number of aliphatic imine (C=N–C) groups is 1. The van der Waals surface area contributed by atoms with Crippen LogP contribution in [0.3, 0.4) is 0 Å². The van der Waals surface area contributed by atoms with Crippen LogP contribution < -0.4 is 10.1 Å². The zero-order valence-corrected chi connectivity index (χ0v) is 25.1. The molecule has 8 nitrogen and oxygen atoms in total. The largest absolute Gasteiger partial charge is 0.493 e. The van der Waals surface area contributed by atoms with Crippen LogP contribution in [0.1, 0.15) is 48.4 Å². The summed E-state index contributed by atoms with van der Waals surface area (Å²) in [7, 11) is 0. The van der Waals surface area contributed by atoms with Crippen molar-refractivity contribution in [3.05, 3.63) is 76.9 Å². The molecule has 3 heterocycles. The second-order valence-electron chi connectivity index (χ2n) is 11.4. The molecule has 1 fully saturated rings. The maximum atomic E-state index is 12.3. The summed E-state index contributed by atoms with van der Waals surface area (Å²) in [6.07, 6.45) is 4.73. The quantitative estimate of drug-likeness (QED) is 0.198. The molecular formula is C35H39N5O3. The summed E-state index contributed by atoms with van der Waals surface area (Å²) in [6.45, 7) is 10.0. The van der Waals surface area contributed by atoms with Gasteiger partial charge in [-0.1, -0.05) is 31.2 Å². The summed E-state index contributed by atoms with van der Waals surface area (Å²) in [5, 5.41) is 4.46. The average Bonchev–Trinajstić information content (AvgIpc) is 3.48. The van der Waals surface area contributed by atoms with Crippen LogP contribution in [0.2, 0.25) is 0 Å². The van der Waals surface area contributed by atoms with Gasteiger partial charge in [0.15, 0.2) is 5.82 Å². The molecule has 1 N–H and O–H groups in total. The molecule has 8 heteroatoms. The number of nitrogens with one attached hydrogen (secondary N) is 1. The smallest absolute Gasteiger partial charge is 0.162 e. The fourth-order valence-corrected chi connectivity index (χ4v) is 5.67. The number of ether oxygens (including phenoxy) is 2. The van der Waals surface area contributed by atoms with Gasteiger partial charge in [-0.2, -0.15) is 0 Å². The van der Waals surface area contributed by atoms with Crippen LogP contribution in [-0.2, 0) is 22.5 Å². The van der Waals surface area contributed by atoms with Gasteiger partial charge in [-0.05, 0) is 72.4 Å². The van der Waals surface area contributed by atoms with Crippen LogP contribution in [0.25, 0.3) is 22.3 Å². The first-order valence-electron chi connectivity index (χ1n) is 15.3. The molecule has 0 atom stereocenters. The summed E-state index contributed by atoms with van der Waals surface area (Å²) in [6, 6.07) is 18.4. The number of aryl methyl sites for hydroxylation is 1. The highest BCUT2D eigenvalue weighted by molar-refractivity contribution is 5.95. The van der Waals surface area contributed by atoms with Gasteiger partial charge in [0.2, 0.25) is 0 Å². The summed E-state index contributed by atoms with van der Waals surface area (Å²) in [4.78, 5) is 29.2. The van der Waals surface area contributed by atoms with Crippen LogP contribution in [0, 0.1) is 6.92 Å². The summed E-state index contributed by atoms with van der Waals surface area (Å²) in [5.74, 6) is 2.41. The highest BCUT2D eigenvalue weighted by atomic mass is 16.5. The number of rotatable bonds is 12. The molecule has 3 aromatic carbocycles. The van der Waals surface area contributed by atoms with Gasteiger partial charge in [0.25, 0.3) is 0 Å². The summed E-state index contributed by atoms with van der Waals surface area (Å²) >= 11 is 0. The number of anilines is 2. The van der Waals surface area contributed by atoms with Crippen molar-refractivity contribution in [2.45, 2.75) is 46.1 Å². The van der Waals surface area contributed by atoms with E-state index in [2.05, 4.69) is 52.5 Å². The van der Waals surface area contributed by atoms with Crippen LogP contribution >= 0.6 is 0 Å². The summed E-state index contributed by atoms with van der Waals surface area (Å²) in [5.41, 5.74) is 7.00. The van der Waals surface area contributed by atoms with E-state index in [1.54, 1.807) is 0 Å². The van der Waals surface area contributed by atoms with Crippen molar-refractivity contribution in [1.29, 1.82) is 0 Å². The molecule has 4 aromatic rings. The van der Waals surface area contributed by atoms with Gasteiger partial charge in [-0.3, -0.25) is 14.7 Å². The monoisotopic (exact) mass is 577 g/mol. The van der Waals surface area contributed by atoms with Crippen molar-refractivity contribution in [3.8, 4) is 17.1 Å². The van der Waals surface area contributed by atoms with E-state index in [0.29, 0.717) is 31.1 Å². The molecule has 0 amide bonds. The van der Waals surface area contributed by atoms with Gasteiger partial charge in [0, 0.05) is 55.3 Å². The Kier molecular flexibility index (Phi) is 9.05. The van der Waals surface area contributed by atoms with E-state index < -0.39 is 0 Å². The second kappa shape index (κ2) is 13.4. The Bertz CT molecular complexity index is 1640. The zero-order valence-electron chi connectivity index (χ0n) is 25.1. The maximum Gasteiger partial charge on any atom is 0.162 e. The van der Waals surface area contributed by atoms with Crippen molar-refractivity contribution in [1.82, 2.24) is 14.9 Å². The Morgan fingerprint density at radius 3 is 2.81 bits per heavy atom. The Morgan fingerprint density at radius 2 is 1.95 bits per heavy atom. The van der Waals surface area contributed by atoms with Crippen LogP contribution in [0.15, 0.2) is 59.6 Å². The molecule has 0 bridgehead atoms. The highest BCUT2D eigenvalue weighted by Crippen LogP contribution is 2.33. The molecular weight excluding hydrogens is 538 g/mol. The van der Waals surface area contributed by atoms with Crippen molar-refractivity contribution in [3.63, 3.8) is 0 Å². The topological polar surface area (TPSA) is 88.9 Å².